The summed E-state index contributed by atoms with van der Waals surface area (Å²) < 4.78 is 58.0. The molecule has 0 aliphatic heterocycles. The highest BCUT2D eigenvalue weighted by molar-refractivity contribution is 7.86. The van der Waals surface area contributed by atoms with Gasteiger partial charge in [0.05, 0.1) is 11.5 Å². The molecule has 0 aliphatic rings. The summed E-state index contributed by atoms with van der Waals surface area (Å²) in [5, 5.41) is 0. The van der Waals surface area contributed by atoms with Crippen LogP contribution in [0.5, 0.6) is 0 Å². The first-order valence-corrected chi connectivity index (χ1v) is 6.39. The molecule has 13 heavy (non-hydrogen) atoms. The number of allylic oxidation sites excluding steroid dienone is 1. The van der Waals surface area contributed by atoms with Crippen molar-refractivity contribution >= 4 is 20.2 Å². The molecule has 0 fully saturated rings. The predicted octanol–water partition coefficient (Wildman–Crippen LogP) is -0.436. The molecule has 0 aromatic carbocycles. The van der Waals surface area contributed by atoms with Gasteiger partial charge in [-0.2, -0.15) is 16.8 Å². The van der Waals surface area contributed by atoms with Crippen LogP contribution in [0.2, 0.25) is 0 Å². The maximum absolute atomic E-state index is 10.3. The Bertz CT molecular complexity index is 330. The number of hydrogen-bond acceptors (Lipinski definition) is 4. The minimum Gasteiger partial charge on any atom is -0.286 e. The molecule has 78 valence electrons. The molecule has 0 amide bonds. The van der Waals surface area contributed by atoms with Crippen LogP contribution in [0, 0.1) is 5.92 Å². The fourth-order valence-electron chi connectivity index (χ4n) is 0.725. The second-order valence-corrected chi connectivity index (χ2v) is 5.49. The van der Waals surface area contributed by atoms with E-state index in [-0.39, 0.29) is 0 Å². The Hall–Kier alpha value is -0.440. The van der Waals surface area contributed by atoms with Crippen molar-refractivity contribution in [1.82, 2.24) is 0 Å². The van der Waals surface area contributed by atoms with Crippen molar-refractivity contribution in [3.05, 3.63) is 12.7 Å². The van der Waals surface area contributed by atoms with E-state index in [1.54, 1.807) is 0 Å². The highest BCUT2D eigenvalue weighted by atomic mass is 32.2. The summed E-state index contributed by atoms with van der Waals surface area (Å²) in [6.07, 6.45) is 1.04. The zero-order chi connectivity index (χ0) is 10.7. The van der Waals surface area contributed by atoms with Crippen molar-refractivity contribution in [2.24, 2.45) is 5.92 Å². The first kappa shape index (κ1) is 12.6. The summed E-state index contributed by atoms with van der Waals surface area (Å²) >= 11 is 0. The molecule has 0 saturated carbocycles. The van der Waals surface area contributed by atoms with Gasteiger partial charge in [-0.15, -0.1) is 6.58 Å². The Morgan fingerprint density at radius 1 is 1.08 bits per heavy atom. The van der Waals surface area contributed by atoms with Crippen molar-refractivity contribution in [3.8, 4) is 0 Å². The summed E-state index contributed by atoms with van der Waals surface area (Å²) in [4.78, 5) is 0. The summed E-state index contributed by atoms with van der Waals surface area (Å²) in [6, 6.07) is 0. The maximum Gasteiger partial charge on any atom is 0.265 e. The summed E-state index contributed by atoms with van der Waals surface area (Å²) in [5.41, 5.74) is 0. The molecule has 0 bridgehead atoms. The van der Waals surface area contributed by atoms with E-state index in [0.717, 1.165) is 6.08 Å². The molecule has 0 aromatic heterocycles. The van der Waals surface area contributed by atoms with Crippen molar-refractivity contribution in [2.45, 2.75) is 0 Å². The lowest BCUT2D eigenvalue weighted by molar-refractivity contribution is 0.468. The molecule has 0 aliphatic carbocycles. The molecule has 0 aromatic rings. The normalized spacial score (nSPS) is 13.2. The zero-order valence-corrected chi connectivity index (χ0v) is 8.25. The number of hydrogen-bond donors (Lipinski definition) is 2. The van der Waals surface area contributed by atoms with E-state index >= 15 is 0 Å². The molecule has 6 nitrogen and oxygen atoms in total. The lowest BCUT2D eigenvalue weighted by atomic mass is 10.2. The molecule has 0 atom stereocenters. The van der Waals surface area contributed by atoms with Gasteiger partial charge in [0.15, 0.2) is 0 Å². The highest BCUT2D eigenvalue weighted by Gasteiger charge is 2.19. The average molecular weight is 230 g/mol. The van der Waals surface area contributed by atoms with Crippen LogP contribution in [0.3, 0.4) is 0 Å². The molecule has 0 heterocycles. The van der Waals surface area contributed by atoms with Crippen molar-refractivity contribution in [1.29, 1.82) is 0 Å². The Labute approximate surface area is 76.8 Å². The van der Waals surface area contributed by atoms with E-state index in [2.05, 4.69) is 6.58 Å². The molecule has 0 saturated heterocycles. The van der Waals surface area contributed by atoms with E-state index in [1.165, 1.54) is 0 Å². The Kier molecular flexibility index (Phi) is 4.04. The van der Waals surface area contributed by atoms with E-state index in [9.17, 15) is 16.8 Å². The largest absolute Gasteiger partial charge is 0.286 e. The molecule has 2 N–H and O–H groups in total. The van der Waals surface area contributed by atoms with Crippen LogP contribution < -0.4 is 0 Å². The van der Waals surface area contributed by atoms with Gasteiger partial charge in [0.25, 0.3) is 20.2 Å². The lowest BCUT2D eigenvalue weighted by Gasteiger charge is -2.06. The van der Waals surface area contributed by atoms with E-state index in [4.69, 9.17) is 9.11 Å². The Morgan fingerprint density at radius 3 is 1.54 bits per heavy atom. The number of rotatable bonds is 5. The van der Waals surface area contributed by atoms with Gasteiger partial charge in [0, 0.05) is 5.92 Å². The molecule has 0 rings (SSSR count). The smallest absolute Gasteiger partial charge is 0.265 e. The lowest BCUT2D eigenvalue weighted by Crippen LogP contribution is -2.21. The van der Waals surface area contributed by atoms with Crippen LogP contribution in [-0.2, 0) is 20.2 Å². The molecule has 0 unspecified atom stereocenters. The monoisotopic (exact) mass is 230 g/mol. The molecule has 8 heteroatoms. The molecule has 0 spiro atoms. The molecular weight excluding hydrogens is 220 g/mol. The van der Waals surface area contributed by atoms with Crippen molar-refractivity contribution < 1.29 is 25.9 Å². The second kappa shape index (κ2) is 4.18. The second-order valence-electron chi connectivity index (χ2n) is 2.49. The maximum atomic E-state index is 10.3. The van der Waals surface area contributed by atoms with Gasteiger partial charge in [-0.3, -0.25) is 9.11 Å². The van der Waals surface area contributed by atoms with E-state index < -0.39 is 37.7 Å². The van der Waals surface area contributed by atoms with Gasteiger partial charge < -0.3 is 0 Å². The van der Waals surface area contributed by atoms with Gasteiger partial charge in [0.2, 0.25) is 0 Å². The Morgan fingerprint density at radius 2 is 1.38 bits per heavy atom. The third-order valence-electron chi connectivity index (χ3n) is 1.18. The highest BCUT2D eigenvalue weighted by Crippen LogP contribution is 2.05. The predicted molar refractivity (Wildman–Crippen MR) is 46.5 cm³/mol. The van der Waals surface area contributed by atoms with Gasteiger partial charge >= 0.3 is 0 Å². The van der Waals surface area contributed by atoms with Crippen LogP contribution in [-0.4, -0.2) is 37.4 Å². The third-order valence-corrected chi connectivity index (χ3v) is 2.88. The van der Waals surface area contributed by atoms with Gasteiger partial charge in [-0.05, 0) is 0 Å². The minimum atomic E-state index is -4.25. The van der Waals surface area contributed by atoms with Gasteiger partial charge in [0.1, 0.15) is 0 Å². The van der Waals surface area contributed by atoms with Crippen LogP contribution in [0.25, 0.3) is 0 Å². The van der Waals surface area contributed by atoms with Crippen LogP contribution in [0.1, 0.15) is 0 Å². The average Bonchev–Trinajstić information content (AvgIpc) is 1.79. The van der Waals surface area contributed by atoms with Gasteiger partial charge in [-0.25, -0.2) is 0 Å². The van der Waals surface area contributed by atoms with E-state index in [0.29, 0.717) is 0 Å². The fourth-order valence-corrected chi connectivity index (χ4v) is 2.46. The first-order chi connectivity index (χ1) is 5.64. The summed E-state index contributed by atoms with van der Waals surface area (Å²) in [6.45, 7) is 3.18. The van der Waals surface area contributed by atoms with Crippen molar-refractivity contribution in [2.75, 3.05) is 11.5 Å². The van der Waals surface area contributed by atoms with Crippen LogP contribution >= 0.6 is 0 Å². The first-order valence-electron chi connectivity index (χ1n) is 3.17. The van der Waals surface area contributed by atoms with E-state index in [1.807, 2.05) is 0 Å². The quantitative estimate of drug-likeness (QED) is 0.489. The zero-order valence-electron chi connectivity index (χ0n) is 6.62. The molecular formula is C5H10O6S2. The molecule has 0 radical (unpaired) electrons. The SMILES string of the molecule is C=CC(CS(=O)(=O)O)CS(=O)(=O)O. The summed E-state index contributed by atoms with van der Waals surface area (Å²) in [7, 11) is -8.51. The van der Waals surface area contributed by atoms with Crippen molar-refractivity contribution in [3.63, 3.8) is 0 Å². The Balaban J connectivity index is 4.48. The standard InChI is InChI=1S/C5H10O6S2/c1-2-5(3-12(6,7)8)4-13(9,10)11/h2,5H,1,3-4H2,(H,6,7,8)(H,9,10,11). The third kappa shape index (κ3) is 7.91. The fraction of sp³-hybridized carbons (Fsp3) is 0.600. The topological polar surface area (TPSA) is 109 Å². The van der Waals surface area contributed by atoms with Crippen LogP contribution in [0.15, 0.2) is 12.7 Å². The van der Waals surface area contributed by atoms with Crippen LogP contribution in [0.4, 0.5) is 0 Å². The van der Waals surface area contributed by atoms with Gasteiger partial charge in [-0.1, -0.05) is 6.08 Å². The minimum absolute atomic E-state index is 0.768. The summed E-state index contributed by atoms with van der Waals surface area (Å²) in [5.74, 6) is -2.54.